The molecule has 0 saturated carbocycles. The fraction of sp³-hybridized carbons (Fsp3) is 0.0690. The largest absolute Gasteiger partial charge is 0.495 e. The highest BCUT2D eigenvalue weighted by Crippen LogP contribution is 2.35. The van der Waals surface area contributed by atoms with E-state index in [4.69, 9.17) is 21.1 Å². The maximum absolute atomic E-state index is 14.1. The standard InChI is InChI=1S/C29H17ClF5NO6S/c1-40-21-12-14(3-7-18(21)30)15-4-8-20(22(13-15)41-2)36-19-9-6-17(11-16(19)5-10-23(36)37)43(38,39)42-29-27(34)25(32)24(31)26(33)28(29)35/h3-13H,1-2H3. The summed E-state index contributed by atoms with van der Waals surface area (Å²) < 4.78 is 111. The molecule has 0 N–H and O–H groups in total. The van der Waals surface area contributed by atoms with Gasteiger partial charge in [0.05, 0.1) is 30.4 Å². The summed E-state index contributed by atoms with van der Waals surface area (Å²) in [5.41, 5.74) is 1.40. The summed E-state index contributed by atoms with van der Waals surface area (Å²) in [7, 11) is -2.24. The summed E-state index contributed by atoms with van der Waals surface area (Å²) >= 11 is 6.12. The predicted molar refractivity (Wildman–Crippen MR) is 147 cm³/mol. The van der Waals surface area contributed by atoms with E-state index in [9.17, 15) is 35.2 Å². The van der Waals surface area contributed by atoms with Crippen molar-refractivity contribution in [3.05, 3.63) is 111 Å². The number of methoxy groups -OCH3 is 2. The number of hydrogen-bond donors (Lipinski definition) is 0. The van der Waals surface area contributed by atoms with Crippen molar-refractivity contribution >= 4 is 32.6 Å². The third-order valence-corrected chi connectivity index (χ3v) is 7.95. The van der Waals surface area contributed by atoms with Crippen LogP contribution in [0.5, 0.6) is 17.2 Å². The highest BCUT2D eigenvalue weighted by molar-refractivity contribution is 7.87. The van der Waals surface area contributed by atoms with Crippen molar-refractivity contribution in [2.24, 2.45) is 0 Å². The zero-order valence-corrected chi connectivity index (χ0v) is 23.5. The van der Waals surface area contributed by atoms with Gasteiger partial charge in [0.1, 0.15) is 16.4 Å². The Labute approximate surface area is 245 Å². The van der Waals surface area contributed by atoms with Crippen molar-refractivity contribution in [1.29, 1.82) is 0 Å². The molecule has 0 amide bonds. The summed E-state index contributed by atoms with van der Waals surface area (Å²) in [6.07, 6.45) is 0. The zero-order chi connectivity index (χ0) is 31.2. The van der Waals surface area contributed by atoms with E-state index in [1.165, 1.54) is 30.9 Å². The van der Waals surface area contributed by atoms with Gasteiger partial charge in [0, 0.05) is 11.5 Å². The topological polar surface area (TPSA) is 83.8 Å². The summed E-state index contributed by atoms with van der Waals surface area (Å²) in [6, 6.07) is 15.7. The first-order valence-electron chi connectivity index (χ1n) is 12.0. The Morgan fingerprint density at radius 2 is 1.28 bits per heavy atom. The summed E-state index contributed by atoms with van der Waals surface area (Å²) in [6.45, 7) is 0. The molecule has 14 heteroatoms. The van der Waals surface area contributed by atoms with Crippen LogP contribution in [0.15, 0.2) is 76.4 Å². The molecule has 0 atom stereocenters. The number of fused-ring (bicyclic) bond motifs is 1. The SMILES string of the molecule is COc1cc(-c2ccc(-n3c(=O)ccc4cc(S(=O)(=O)Oc5c(F)c(F)c(F)c(F)c5F)ccc43)c(OC)c2)ccc1Cl. The van der Waals surface area contributed by atoms with Gasteiger partial charge >= 0.3 is 10.1 Å². The predicted octanol–water partition coefficient (Wildman–Crippen LogP) is 6.79. The molecule has 5 aromatic rings. The highest BCUT2D eigenvalue weighted by atomic mass is 35.5. The molecule has 0 saturated heterocycles. The van der Waals surface area contributed by atoms with E-state index in [0.717, 1.165) is 23.8 Å². The minimum absolute atomic E-state index is 0.148. The van der Waals surface area contributed by atoms with Crippen LogP contribution in [-0.2, 0) is 10.1 Å². The van der Waals surface area contributed by atoms with Crippen LogP contribution in [0.1, 0.15) is 0 Å². The minimum Gasteiger partial charge on any atom is -0.495 e. The number of pyridine rings is 1. The molecule has 1 aromatic heterocycles. The number of halogens is 6. The van der Waals surface area contributed by atoms with Crippen molar-refractivity contribution in [2.45, 2.75) is 4.90 Å². The van der Waals surface area contributed by atoms with Crippen LogP contribution >= 0.6 is 11.6 Å². The molecule has 1 heterocycles. The number of aromatic nitrogens is 1. The van der Waals surface area contributed by atoms with Gasteiger partial charge in [-0.3, -0.25) is 9.36 Å². The summed E-state index contributed by atoms with van der Waals surface area (Å²) in [4.78, 5) is 12.3. The van der Waals surface area contributed by atoms with Crippen LogP contribution < -0.4 is 19.2 Å². The smallest absolute Gasteiger partial charge is 0.339 e. The monoisotopic (exact) mass is 637 g/mol. The normalized spacial score (nSPS) is 11.5. The highest BCUT2D eigenvalue weighted by Gasteiger charge is 2.31. The van der Waals surface area contributed by atoms with Gasteiger partial charge in [-0.25, -0.2) is 13.2 Å². The average molecular weight is 638 g/mol. The Bertz CT molecular complexity index is 2070. The molecule has 0 unspecified atom stereocenters. The third-order valence-electron chi connectivity index (χ3n) is 6.42. The van der Waals surface area contributed by atoms with Crippen LogP contribution in [0.25, 0.3) is 27.7 Å². The maximum Gasteiger partial charge on any atom is 0.339 e. The molecule has 4 aromatic carbocycles. The zero-order valence-electron chi connectivity index (χ0n) is 21.9. The number of rotatable bonds is 7. The molecule has 0 bridgehead atoms. The van der Waals surface area contributed by atoms with Gasteiger partial charge in [-0.2, -0.15) is 17.2 Å². The number of hydrogen-bond acceptors (Lipinski definition) is 6. The molecular weight excluding hydrogens is 621 g/mol. The number of ether oxygens (including phenoxy) is 2. The van der Waals surface area contributed by atoms with E-state index in [0.29, 0.717) is 16.3 Å². The van der Waals surface area contributed by atoms with Crippen LogP contribution in [0, 0.1) is 29.1 Å². The van der Waals surface area contributed by atoms with E-state index >= 15 is 0 Å². The van der Waals surface area contributed by atoms with Crippen LogP contribution in [0.4, 0.5) is 22.0 Å². The van der Waals surface area contributed by atoms with E-state index in [2.05, 4.69) is 4.18 Å². The molecule has 7 nitrogen and oxygen atoms in total. The molecule has 0 aliphatic heterocycles. The third kappa shape index (κ3) is 5.25. The van der Waals surface area contributed by atoms with Gasteiger partial charge in [-0.15, -0.1) is 0 Å². The van der Waals surface area contributed by atoms with Gasteiger partial charge in [0.2, 0.25) is 34.8 Å². The Morgan fingerprint density at radius 3 is 1.91 bits per heavy atom. The molecule has 0 spiro atoms. The van der Waals surface area contributed by atoms with E-state index in [1.807, 2.05) is 0 Å². The van der Waals surface area contributed by atoms with Gasteiger partial charge in [-0.05, 0) is 59.7 Å². The van der Waals surface area contributed by atoms with Crippen LogP contribution in [0.3, 0.4) is 0 Å². The van der Waals surface area contributed by atoms with Gasteiger partial charge in [0.15, 0.2) is 0 Å². The van der Waals surface area contributed by atoms with Crippen molar-refractivity contribution < 1.29 is 44.0 Å². The second kappa shape index (κ2) is 11.2. The Morgan fingerprint density at radius 1 is 0.698 bits per heavy atom. The first-order valence-corrected chi connectivity index (χ1v) is 13.8. The molecule has 0 aliphatic rings. The molecule has 222 valence electrons. The second-order valence-corrected chi connectivity index (χ2v) is 10.9. The van der Waals surface area contributed by atoms with Crippen LogP contribution in [-0.4, -0.2) is 27.2 Å². The van der Waals surface area contributed by atoms with Crippen molar-refractivity contribution in [2.75, 3.05) is 14.2 Å². The number of benzene rings is 4. The molecule has 0 aliphatic carbocycles. The minimum atomic E-state index is -5.11. The molecule has 0 fully saturated rings. The molecule has 5 rings (SSSR count). The van der Waals surface area contributed by atoms with Crippen molar-refractivity contribution in [1.82, 2.24) is 4.57 Å². The second-order valence-electron chi connectivity index (χ2n) is 8.90. The fourth-order valence-electron chi connectivity index (χ4n) is 4.33. The average Bonchev–Trinajstić information content (AvgIpc) is 3.01. The Balaban J connectivity index is 1.59. The molecule has 43 heavy (non-hydrogen) atoms. The van der Waals surface area contributed by atoms with Gasteiger partial charge in [-0.1, -0.05) is 23.7 Å². The lowest BCUT2D eigenvalue weighted by molar-refractivity contribution is 0.346. The number of nitrogens with zero attached hydrogens (tertiary/aromatic N) is 1. The van der Waals surface area contributed by atoms with E-state index in [1.54, 1.807) is 36.4 Å². The van der Waals surface area contributed by atoms with Crippen molar-refractivity contribution in [3.8, 4) is 34.1 Å². The van der Waals surface area contributed by atoms with Crippen LogP contribution in [0.2, 0.25) is 5.02 Å². The Kier molecular flexibility index (Phi) is 7.80. The van der Waals surface area contributed by atoms with Crippen molar-refractivity contribution in [3.63, 3.8) is 0 Å². The summed E-state index contributed by atoms with van der Waals surface area (Å²) in [5.74, 6) is -13.4. The quantitative estimate of drug-likeness (QED) is 0.0846. The first kappa shape index (κ1) is 29.9. The maximum atomic E-state index is 14.1. The summed E-state index contributed by atoms with van der Waals surface area (Å²) in [5, 5.41) is 0.562. The Hall–Kier alpha value is -4.62. The lowest BCUT2D eigenvalue weighted by atomic mass is 10.0. The fourth-order valence-corrected chi connectivity index (χ4v) is 5.49. The molecular formula is C29H17ClF5NO6S. The first-order chi connectivity index (χ1) is 20.4. The van der Waals surface area contributed by atoms with Gasteiger partial charge in [0.25, 0.3) is 5.56 Å². The van der Waals surface area contributed by atoms with Gasteiger partial charge < -0.3 is 13.7 Å². The lowest BCUT2D eigenvalue weighted by Gasteiger charge is -2.16. The molecule has 0 radical (unpaired) electrons. The van der Waals surface area contributed by atoms with E-state index < -0.39 is 55.4 Å². The lowest BCUT2D eigenvalue weighted by Crippen LogP contribution is -2.19. The van der Waals surface area contributed by atoms with E-state index in [-0.39, 0.29) is 22.3 Å².